The highest BCUT2D eigenvalue weighted by Gasteiger charge is 2.69. The van der Waals surface area contributed by atoms with Crippen LogP contribution in [-0.2, 0) is 21.4 Å². The number of carbonyl (C=O) groups excluding carboxylic acids is 2. The van der Waals surface area contributed by atoms with E-state index < -0.39 is 11.0 Å². The molecule has 1 saturated heterocycles. The number of piperidine rings is 1. The number of Topliss-reactive ketones (excluding diaryl/α,β-unsaturated/α-hetero) is 1. The second-order valence-electron chi connectivity index (χ2n) is 13.9. The van der Waals surface area contributed by atoms with Gasteiger partial charge in [-0.3, -0.25) is 9.59 Å². The number of ether oxygens (including phenoxy) is 2. The molecular formula is C38H51NO5. The minimum absolute atomic E-state index is 0.0423. The molecule has 2 N–H and O–H groups in total. The molecule has 238 valence electrons. The second kappa shape index (κ2) is 13.7. The van der Waals surface area contributed by atoms with Crippen molar-refractivity contribution in [3.05, 3.63) is 59.7 Å². The smallest absolute Gasteiger partial charge is 0.311 e. The van der Waals surface area contributed by atoms with E-state index in [-0.39, 0.29) is 29.8 Å². The number of hydrogen-bond acceptors (Lipinski definition) is 6. The van der Waals surface area contributed by atoms with Crippen molar-refractivity contribution >= 4 is 11.8 Å². The summed E-state index contributed by atoms with van der Waals surface area (Å²) in [6, 6.07) is 4.04. The van der Waals surface area contributed by atoms with E-state index in [4.69, 9.17) is 9.47 Å². The van der Waals surface area contributed by atoms with Gasteiger partial charge in [0.2, 0.25) is 0 Å². The molecule has 3 aliphatic carbocycles. The Labute approximate surface area is 263 Å². The van der Waals surface area contributed by atoms with Crippen molar-refractivity contribution in [3.63, 3.8) is 0 Å². The van der Waals surface area contributed by atoms with Gasteiger partial charge in [-0.1, -0.05) is 62.3 Å². The highest BCUT2D eigenvalue weighted by molar-refractivity contribution is 5.79. The van der Waals surface area contributed by atoms with Gasteiger partial charge in [0.1, 0.15) is 11.9 Å². The summed E-state index contributed by atoms with van der Waals surface area (Å²) in [6.45, 7) is 3.00. The molecule has 2 unspecified atom stereocenters. The Morgan fingerprint density at radius 2 is 1.89 bits per heavy atom. The van der Waals surface area contributed by atoms with Crippen LogP contribution in [-0.4, -0.2) is 41.2 Å². The van der Waals surface area contributed by atoms with Gasteiger partial charge in [-0.05, 0) is 101 Å². The fraction of sp³-hybridized carbons (Fsp3) is 0.632. The lowest BCUT2D eigenvalue weighted by atomic mass is 9.49. The van der Waals surface area contributed by atoms with E-state index in [1.54, 1.807) is 0 Å². The number of aliphatic hydroxyl groups is 1. The number of allylic oxidation sites excluding steroid dienone is 6. The van der Waals surface area contributed by atoms with Crippen LogP contribution in [0.2, 0.25) is 0 Å². The molecule has 0 radical (unpaired) electrons. The molecule has 5 aliphatic rings. The molecule has 0 aromatic heterocycles. The summed E-state index contributed by atoms with van der Waals surface area (Å²) >= 11 is 0. The van der Waals surface area contributed by atoms with Crippen molar-refractivity contribution in [3.8, 4) is 11.5 Å². The fourth-order valence-electron chi connectivity index (χ4n) is 8.65. The highest BCUT2D eigenvalue weighted by atomic mass is 16.6. The van der Waals surface area contributed by atoms with Crippen LogP contribution in [0.15, 0.2) is 48.6 Å². The van der Waals surface area contributed by atoms with Crippen LogP contribution in [0.3, 0.4) is 0 Å². The minimum atomic E-state index is -0.819. The SMILES string of the molecule is CCC=CC/C=C\C/C=C\CC(=O)CCCC(CC(=O)Oc1ccc2c3c1O[C@@H]1CCC[C@@]4(O)C(C2)NCC[C@]314)CC1CC1. The molecule has 2 bridgehead atoms. The Bertz CT molecular complexity index is 1290. The first kappa shape index (κ1) is 31.3. The van der Waals surface area contributed by atoms with E-state index in [2.05, 4.69) is 48.7 Å². The van der Waals surface area contributed by atoms with Crippen LogP contribution in [0.4, 0.5) is 0 Å². The van der Waals surface area contributed by atoms with Crippen LogP contribution >= 0.6 is 0 Å². The van der Waals surface area contributed by atoms with Crippen LogP contribution in [0, 0.1) is 11.8 Å². The van der Waals surface area contributed by atoms with Crippen molar-refractivity contribution < 1.29 is 24.2 Å². The molecule has 0 amide bonds. The Morgan fingerprint density at radius 1 is 1.09 bits per heavy atom. The maximum atomic E-state index is 13.4. The number of nitrogens with one attached hydrogen (secondary N) is 1. The van der Waals surface area contributed by atoms with E-state index >= 15 is 0 Å². The van der Waals surface area contributed by atoms with Crippen molar-refractivity contribution in [1.29, 1.82) is 0 Å². The van der Waals surface area contributed by atoms with Gasteiger partial charge in [-0.2, -0.15) is 0 Å². The molecule has 1 spiro atoms. The number of esters is 1. The van der Waals surface area contributed by atoms with E-state index in [0.29, 0.717) is 36.7 Å². The summed E-state index contributed by atoms with van der Waals surface area (Å²) in [5.74, 6) is 2.19. The van der Waals surface area contributed by atoms with Crippen LogP contribution in [0.1, 0.15) is 114 Å². The van der Waals surface area contributed by atoms with Gasteiger partial charge in [-0.15, -0.1) is 0 Å². The molecule has 2 aliphatic heterocycles. The zero-order chi connectivity index (χ0) is 30.6. The molecule has 2 saturated carbocycles. The lowest BCUT2D eigenvalue weighted by Crippen LogP contribution is -2.74. The first-order valence-electron chi connectivity index (χ1n) is 17.4. The Kier molecular flexibility index (Phi) is 9.77. The minimum Gasteiger partial charge on any atom is -0.485 e. The van der Waals surface area contributed by atoms with Gasteiger partial charge in [0.15, 0.2) is 11.5 Å². The number of hydrogen-bond donors (Lipinski definition) is 2. The third-order valence-corrected chi connectivity index (χ3v) is 10.9. The van der Waals surface area contributed by atoms with Gasteiger partial charge in [-0.25, -0.2) is 0 Å². The predicted molar refractivity (Wildman–Crippen MR) is 173 cm³/mol. The predicted octanol–water partition coefficient (Wildman–Crippen LogP) is 7.22. The lowest BCUT2D eigenvalue weighted by Gasteiger charge is -2.60. The van der Waals surface area contributed by atoms with Crippen LogP contribution in [0.25, 0.3) is 0 Å². The third-order valence-electron chi connectivity index (χ3n) is 10.9. The molecule has 5 atom stereocenters. The standard InChI is InChI=1S/C38H51NO5/c1-2-3-4-5-6-7-8-9-10-14-30(40)15-11-13-28(24-27-17-18-27)25-34(41)43-31-20-19-29-26-32-38(42)21-12-16-33-37(38,22-23-39-32)35(29)36(31)44-33/h3-4,6-7,9-10,19-20,27-28,32-33,39,42H,2,5,8,11-18,21-26H2,1H3/b4-3?,7-6-,10-9-/t28?,32?,33-,37-,38-/m1/s1. The third kappa shape index (κ3) is 6.35. The maximum Gasteiger partial charge on any atom is 0.311 e. The zero-order valence-electron chi connectivity index (χ0n) is 26.5. The molecule has 6 rings (SSSR count). The second-order valence-corrected chi connectivity index (χ2v) is 13.9. The molecule has 44 heavy (non-hydrogen) atoms. The van der Waals surface area contributed by atoms with Gasteiger partial charge < -0.3 is 19.9 Å². The van der Waals surface area contributed by atoms with Crippen LogP contribution < -0.4 is 14.8 Å². The summed E-state index contributed by atoms with van der Waals surface area (Å²) in [7, 11) is 0. The number of rotatable bonds is 16. The Balaban J connectivity index is 1.02. The average Bonchev–Trinajstić information content (AvgIpc) is 3.74. The Morgan fingerprint density at radius 3 is 2.68 bits per heavy atom. The van der Waals surface area contributed by atoms with Crippen molar-refractivity contribution in [1.82, 2.24) is 5.32 Å². The van der Waals surface area contributed by atoms with Gasteiger partial charge in [0.25, 0.3) is 0 Å². The fourth-order valence-corrected chi connectivity index (χ4v) is 8.65. The molecule has 3 fully saturated rings. The first-order valence-corrected chi connectivity index (χ1v) is 17.4. The topological polar surface area (TPSA) is 84.9 Å². The van der Waals surface area contributed by atoms with Crippen molar-refractivity contribution in [2.75, 3.05) is 6.54 Å². The summed E-state index contributed by atoms with van der Waals surface area (Å²) in [5.41, 5.74) is 1.09. The molecule has 1 aromatic carbocycles. The molecule has 6 nitrogen and oxygen atoms in total. The van der Waals surface area contributed by atoms with Crippen molar-refractivity contribution in [2.45, 2.75) is 133 Å². The normalized spacial score (nSPS) is 29.2. The number of ketones is 1. The largest absolute Gasteiger partial charge is 0.485 e. The van der Waals surface area contributed by atoms with Crippen molar-refractivity contribution in [2.24, 2.45) is 11.8 Å². The van der Waals surface area contributed by atoms with Crippen LogP contribution in [0.5, 0.6) is 11.5 Å². The monoisotopic (exact) mass is 601 g/mol. The zero-order valence-corrected chi connectivity index (χ0v) is 26.5. The summed E-state index contributed by atoms with van der Waals surface area (Å²) in [5, 5.41) is 15.6. The average molecular weight is 602 g/mol. The van der Waals surface area contributed by atoms with Gasteiger partial charge >= 0.3 is 5.97 Å². The summed E-state index contributed by atoms with van der Waals surface area (Å²) in [6.07, 6.45) is 26.4. The Hall–Kier alpha value is -2.70. The quantitative estimate of drug-likeness (QED) is 0.118. The lowest BCUT2D eigenvalue weighted by molar-refractivity contribution is -0.149. The van der Waals surface area contributed by atoms with E-state index in [1.807, 2.05) is 12.1 Å². The molecule has 1 aromatic rings. The molecule has 6 heteroatoms. The molecular weight excluding hydrogens is 550 g/mol. The highest BCUT2D eigenvalue weighted by Crippen LogP contribution is 2.64. The van der Waals surface area contributed by atoms with E-state index in [0.717, 1.165) is 82.7 Å². The van der Waals surface area contributed by atoms with Gasteiger partial charge in [0.05, 0.1) is 11.0 Å². The van der Waals surface area contributed by atoms with E-state index in [1.165, 1.54) is 18.4 Å². The number of carbonyl (C=O) groups is 2. The number of benzene rings is 1. The molecule has 2 heterocycles. The summed E-state index contributed by atoms with van der Waals surface area (Å²) < 4.78 is 12.7. The van der Waals surface area contributed by atoms with Gasteiger partial charge in [0, 0.05) is 30.9 Å². The first-order chi connectivity index (χ1) is 21.4. The maximum absolute atomic E-state index is 13.4. The summed E-state index contributed by atoms with van der Waals surface area (Å²) in [4.78, 5) is 25.8. The van der Waals surface area contributed by atoms with E-state index in [9.17, 15) is 14.7 Å².